The van der Waals surface area contributed by atoms with Crippen molar-refractivity contribution in [3.63, 3.8) is 0 Å². The SMILES string of the molecule is COC(=O)CCc1ccc(-c2c[nH]c(-c3ccc(C(=N)N)cc3)n2)cc1. The molecule has 0 amide bonds. The summed E-state index contributed by atoms with van der Waals surface area (Å²) in [6.07, 6.45) is 2.89. The molecule has 0 bridgehead atoms. The summed E-state index contributed by atoms with van der Waals surface area (Å²) in [5.74, 6) is 0.593. The number of hydrogen-bond acceptors (Lipinski definition) is 4. The van der Waals surface area contributed by atoms with E-state index >= 15 is 0 Å². The summed E-state index contributed by atoms with van der Waals surface area (Å²) in [6.45, 7) is 0. The van der Waals surface area contributed by atoms with Crippen LogP contribution in [0.15, 0.2) is 54.7 Å². The maximum absolute atomic E-state index is 11.2. The summed E-state index contributed by atoms with van der Waals surface area (Å²) in [4.78, 5) is 19.0. The lowest BCUT2D eigenvalue weighted by Crippen LogP contribution is -2.10. The third-order valence-corrected chi connectivity index (χ3v) is 4.14. The predicted molar refractivity (Wildman–Crippen MR) is 101 cm³/mol. The molecular formula is C20H20N4O2. The number of benzene rings is 2. The van der Waals surface area contributed by atoms with Gasteiger partial charge in [0.1, 0.15) is 11.7 Å². The van der Waals surface area contributed by atoms with Gasteiger partial charge in [0.2, 0.25) is 0 Å². The highest BCUT2D eigenvalue weighted by molar-refractivity contribution is 5.95. The molecule has 4 N–H and O–H groups in total. The summed E-state index contributed by atoms with van der Waals surface area (Å²) in [6, 6.07) is 15.3. The molecule has 0 atom stereocenters. The van der Waals surface area contributed by atoms with Gasteiger partial charge in [0.05, 0.1) is 12.8 Å². The van der Waals surface area contributed by atoms with E-state index in [0.717, 1.165) is 28.2 Å². The van der Waals surface area contributed by atoms with Gasteiger partial charge in [0.25, 0.3) is 0 Å². The highest BCUT2D eigenvalue weighted by Gasteiger charge is 2.07. The van der Waals surface area contributed by atoms with Gasteiger partial charge in [-0.2, -0.15) is 0 Å². The van der Waals surface area contributed by atoms with Crippen molar-refractivity contribution in [1.29, 1.82) is 5.41 Å². The molecule has 0 aliphatic rings. The van der Waals surface area contributed by atoms with E-state index < -0.39 is 0 Å². The number of imidazole rings is 1. The van der Waals surface area contributed by atoms with E-state index in [9.17, 15) is 4.79 Å². The van der Waals surface area contributed by atoms with Crippen molar-refractivity contribution in [1.82, 2.24) is 9.97 Å². The molecule has 1 heterocycles. The van der Waals surface area contributed by atoms with Crippen LogP contribution in [0.2, 0.25) is 0 Å². The van der Waals surface area contributed by atoms with Gasteiger partial charge < -0.3 is 15.5 Å². The number of nitrogen functional groups attached to an aromatic ring is 1. The lowest BCUT2D eigenvalue weighted by atomic mass is 10.1. The van der Waals surface area contributed by atoms with Crippen LogP contribution < -0.4 is 5.73 Å². The zero-order valence-corrected chi connectivity index (χ0v) is 14.5. The van der Waals surface area contributed by atoms with Crippen LogP contribution in [-0.2, 0) is 16.0 Å². The fourth-order valence-electron chi connectivity index (χ4n) is 2.62. The van der Waals surface area contributed by atoms with Crippen molar-refractivity contribution < 1.29 is 9.53 Å². The minimum atomic E-state index is -0.207. The van der Waals surface area contributed by atoms with Crippen LogP contribution in [0.5, 0.6) is 0 Å². The molecule has 3 aromatic rings. The lowest BCUT2D eigenvalue weighted by Gasteiger charge is -2.02. The molecular weight excluding hydrogens is 328 g/mol. The number of aromatic nitrogens is 2. The Morgan fingerprint density at radius 3 is 2.38 bits per heavy atom. The summed E-state index contributed by atoms with van der Waals surface area (Å²) < 4.78 is 4.66. The number of methoxy groups -OCH3 is 1. The van der Waals surface area contributed by atoms with Gasteiger partial charge in [-0.05, 0) is 12.0 Å². The molecule has 2 aromatic carbocycles. The Balaban J connectivity index is 1.73. The first-order valence-electron chi connectivity index (χ1n) is 8.23. The van der Waals surface area contributed by atoms with E-state index in [1.165, 1.54) is 7.11 Å². The third kappa shape index (κ3) is 3.97. The van der Waals surface area contributed by atoms with Gasteiger partial charge in [-0.1, -0.05) is 48.5 Å². The zero-order chi connectivity index (χ0) is 18.5. The Morgan fingerprint density at radius 2 is 1.77 bits per heavy atom. The standard InChI is InChI=1S/C20H20N4O2/c1-26-18(25)11-4-13-2-5-14(6-3-13)17-12-23-20(24-17)16-9-7-15(8-10-16)19(21)22/h2-3,5-10,12H,4,11H2,1H3,(H3,21,22)(H,23,24). The predicted octanol–water partition coefficient (Wildman–Crippen LogP) is 3.13. The van der Waals surface area contributed by atoms with E-state index in [1.807, 2.05) is 42.6 Å². The number of aryl methyl sites for hydroxylation is 1. The topological polar surface area (TPSA) is 105 Å². The number of amidine groups is 1. The molecule has 6 heteroatoms. The van der Waals surface area contributed by atoms with E-state index in [1.54, 1.807) is 12.1 Å². The van der Waals surface area contributed by atoms with Crippen molar-refractivity contribution in [2.24, 2.45) is 5.73 Å². The van der Waals surface area contributed by atoms with Crippen LogP contribution in [-0.4, -0.2) is 28.9 Å². The van der Waals surface area contributed by atoms with Gasteiger partial charge in [-0.3, -0.25) is 10.2 Å². The highest BCUT2D eigenvalue weighted by atomic mass is 16.5. The molecule has 0 saturated carbocycles. The Morgan fingerprint density at radius 1 is 1.12 bits per heavy atom. The Hall–Kier alpha value is -3.41. The Labute approximate surface area is 151 Å². The summed E-state index contributed by atoms with van der Waals surface area (Å²) in [5.41, 5.74) is 10.0. The van der Waals surface area contributed by atoms with E-state index in [4.69, 9.17) is 11.1 Å². The molecule has 0 spiro atoms. The number of esters is 1. The van der Waals surface area contributed by atoms with E-state index in [0.29, 0.717) is 18.4 Å². The number of ether oxygens (including phenoxy) is 1. The minimum absolute atomic E-state index is 0.0453. The highest BCUT2D eigenvalue weighted by Crippen LogP contribution is 2.23. The van der Waals surface area contributed by atoms with Gasteiger partial charge in [0, 0.05) is 29.3 Å². The van der Waals surface area contributed by atoms with Gasteiger partial charge in [-0.25, -0.2) is 4.98 Å². The third-order valence-electron chi connectivity index (χ3n) is 4.14. The second-order valence-corrected chi connectivity index (χ2v) is 5.90. The number of H-pyrrole nitrogens is 1. The van der Waals surface area contributed by atoms with Crippen molar-refractivity contribution >= 4 is 11.8 Å². The second-order valence-electron chi connectivity index (χ2n) is 5.90. The van der Waals surface area contributed by atoms with Crippen LogP contribution in [0.1, 0.15) is 17.5 Å². The number of nitrogens with one attached hydrogen (secondary N) is 2. The maximum Gasteiger partial charge on any atom is 0.305 e. The number of carbonyl (C=O) groups is 1. The average Bonchev–Trinajstić information content (AvgIpc) is 3.16. The molecule has 26 heavy (non-hydrogen) atoms. The smallest absolute Gasteiger partial charge is 0.305 e. The van der Waals surface area contributed by atoms with Crippen molar-refractivity contribution in [3.8, 4) is 22.6 Å². The molecule has 0 aliphatic carbocycles. The Bertz CT molecular complexity index is 912. The van der Waals surface area contributed by atoms with E-state index in [-0.39, 0.29) is 11.8 Å². The normalized spacial score (nSPS) is 10.5. The first kappa shape index (κ1) is 17.4. The second kappa shape index (κ2) is 7.65. The zero-order valence-electron chi connectivity index (χ0n) is 14.5. The van der Waals surface area contributed by atoms with Crippen LogP contribution in [0.4, 0.5) is 0 Å². The van der Waals surface area contributed by atoms with Crippen molar-refractivity contribution in [3.05, 3.63) is 65.9 Å². The summed E-state index contributed by atoms with van der Waals surface area (Å²) in [7, 11) is 1.40. The summed E-state index contributed by atoms with van der Waals surface area (Å²) >= 11 is 0. The molecule has 3 rings (SSSR count). The monoisotopic (exact) mass is 348 g/mol. The quantitative estimate of drug-likeness (QED) is 0.361. The van der Waals surface area contributed by atoms with Crippen LogP contribution in [0.3, 0.4) is 0 Å². The molecule has 6 nitrogen and oxygen atoms in total. The average molecular weight is 348 g/mol. The number of aromatic amines is 1. The molecule has 1 aromatic heterocycles. The lowest BCUT2D eigenvalue weighted by molar-refractivity contribution is -0.140. The van der Waals surface area contributed by atoms with Crippen LogP contribution in [0.25, 0.3) is 22.6 Å². The number of nitrogens with zero attached hydrogens (tertiary/aromatic N) is 1. The molecule has 0 radical (unpaired) electrons. The summed E-state index contributed by atoms with van der Waals surface area (Å²) in [5, 5.41) is 7.44. The number of carbonyl (C=O) groups excluding carboxylic acids is 1. The van der Waals surface area contributed by atoms with Crippen molar-refractivity contribution in [2.45, 2.75) is 12.8 Å². The maximum atomic E-state index is 11.2. The van der Waals surface area contributed by atoms with Gasteiger partial charge in [0.15, 0.2) is 0 Å². The number of nitrogens with two attached hydrogens (primary N) is 1. The fraction of sp³-hybridized carbons (Fsp3) is 0.150. The van der Waals surface area contributed by atoms with Crippen LogP contribution >= 0.6 is 0 Å². The minimum Gasteiger partial charge on any atom is -0.469 e. The molecule has 0 fully saturated rings. The fourth-order valence-corrected chi connectivity index (χ4v) is 2.62. The molecule has 0 aliphatic heterocycles. The molecule has 0 unspecified atom stereocenters. The first-order chi connectivity index (χ1) is 12.6. The molecule has 0 saturated heterocycles. The number of hydrogen-bond donors (Lipinski definition) is 3. The largest absolute Gasteiger partial charge is 0.469 e. The Kier molecular flexibility index (Phi) is 5.12. The van der Waals surface area contributed by atoms with Crippen LogP contribution in [0, 0.1) is 5.41 Å². The van der Waals surface area contributed by atoms with Crippen molar-refractivity contribution in [2.75, 3.05) is 7.11 Å². The first-order valence-corrected chi connectivity index (χ1v) is 8.23. The molecule has 132 valence electrons. The van der Waals surface area contributed by atoms with E-state index in [2.05, 4.69) is 14.7 Å². The van der Waals surface area contributed by atoms with Gasteiger partial charge >= 0.3 is 5.97 Å². The number of rotatable bonds is 6. The van der Waals surface area contributed by atoms with Gasteiger partial charge in [-0.15, -0.1) is 0 Å².